The van der Waals surface area contributed by atoms with Gasteiger partial charge in [-0.1, -0.05) is 26.5 Å². The molecule has 0 saturated heterocycles. The summed E-state index contributed by atoms with van der Waals surface area (Å²) in [7, 11) is 3.94. The first-order valence-corrected chi connectivity index (χ1v) is 11.2. The molecule has 1 aromatic heterocycles. The van der Waals surface area contributed by atoms with Gasteiger partial charge in [-0.3, -0.25) is 4.90 Å². The Morgan fingerprint density at radius 2 is 1.70 bits per heavy atom. The van der Waals surface area contributed by atoms with Gasteiger partial charge in [-0.05, 0) is 65.7 Å². The lowest BCUT2D eigenvalue weighted by molar-refractivity contribution is 0.443. The number of aromatic hydroxyl groups is 2. The van der Waals surface area contributed by atoms with Crippen LogP contribution in [-0.4, -0.2) is 34.5 Å². The van der Waals surface area contributed by atoms with Crippen LogP contribution in [-0.2, 0) is 0 Å². The average Bonchev–Trinajstić information content (AvgIpc) is 2.79. The fourth-order valence-corrected chi connectivity index (χ4v) is 4.13. The van der Waals surface area contributed by atoms with Crippen LogP contribution in [0.1, 0.15) is 30.9 Å². The second-order valence-corrected chi connectivity index (χ2v) is 8.95. The first-order chi connectivity index (χ1) is 15.7. The number of aromatic nitrogens is 1. The Bertz CT molecular complexity index is 1150. The third kappa shape index (κ3) is 5.40. The highest BCUT2D eigenvalue weighted by molar-refractivity contribution is 8.14. The van der Waals surface area contributed by atoms with Gasteiger partial charge in [-0.25, -0.2) is 4.98 Å². The molecule has 0 fully saturated rings. The molecule has 7 nitrogen and oxygen atoms in total. The van der Waals surface area contributed by atoms with E-state index < -0.39 is 0 Å². The predicted octanol–water partition coefficient (Wildman–Crippen LogP) is 5.18. The van der Waals surface area contributed by atoms with E-state index in [1.54, 1.807) is 17.2 Å². The molecule has 0 amide bonds. The summed E-state index contributed by atoms with van der Waals surface area (Å²) < 4.78 is 0. The Balaban J connectivity index is 2.12. The van der Waals surface area contributed by atoms with E-state index in [-0.39, 0.29) is 17.4 Å². The number of anilines is 2. The van der Waals surface area contributed by atoms with Crippen LogP contribution in [0.3, 0.4) is 0 Å². The van der Waals surface area contributed by atoms with Crippen molar-refractivity contribution in [1.82, 2.24) is 4.98 Å². The largest absolute Gasteiger partial charge is 0.508 e. The van der Waals surface area contributed by atoms with Crippen molar-refractivity contribution < 1.29 is 10.2 Å². The van der Waals surface area contributed by atoms with Gasteiger partial charge in [0.15, 0.2) is 5.17 Å². The maximum atomic E-state index is 10.7. The van der Waals surface area contributed by atoms with E-state index in [2.05, 4.69) is 16.7 Å². The number of hydrogen-bond acceptors (Lipinski definition) is 7. The summed E-state index contributed by atoms with van der Waals surface area (Å²) >= 11 is 1.28. The molecule has 33 heavy (non-hydrogen) atoms. The van der Waals surface area contributed by atoms with Crippen LogP contribution in [0.4, 0.5) is 11.4 Å². The van der Waals surface area contributed by atoms with Crippen LogP contribution < -0.4 is 15.6 Å². The van der Waals surface area contributed by atoms with Gasteiger partial charge in [0.05, 0.1) is 5.70 Å². The Labute approximate surface area is 198 Å². The number of rotatable bonds is 6. The Hall–Kier alpha value is -3.65. The number of pyridine rings is 1. The summed E-state index contributed by atoms with van der Waals surface area (Å²) in [6, 6.07) is 16.5. The van der Waals surface area contributed by atoms with Gasteiger partial charge in [0.1, 0.15) is 16.5 Å². The monoisotopic (exact) mass is 463 g/mol. The zero-order valence-corrected chi connectivity index (χ0v) is 20.0. The molecule has 0 aliphatic rings. The van der Waals surface area contributed by atoms with Gasteiger partial charge in [-0.15, -0.1) is 0 Å². The van der Waals surface area contributed by atoms with Gasteiger partial charge in [0, 0.05) is 43.3 Å². The molecular formula is C25H29N5O2S. The third-order valence-electron chi connectivity index (χ3n) is 5.11. The number of benzene rings is 2. The number of thioether (sulfide) groups is 1. The van der Waals surface area contributed by atoms with Crippen molar-refractivity contribution in [3.05, 3.63) is 78.5 Å². The second-order valence-electron chi connectivity index (χ2n) is 7.96. The minimum atomic E-state index is -0.0870. The second kappa shape index (κ2) is 10.3. The molecule has 0 radical (unpaired) electrons. The number of amidine groups is 1. The molecule has 0 saturated carbocycles. The van der Waals surface area contributed by atoms with Crippen molar-refractivity contribution in [3.8, 4) is 11.5 Å². The average molecular weight is 464 g/mol. The quantitative estimate of drug-likeness (QED) is 0.152. The van der Waals surface area contributed by atoms with E-state index in [1.807, 2.05) is 75.3 Å². The fraction of sp³-hybridized carbons (Fsp3) is 0.200. The van der Waals surface area contributed by atoms with E-state index in [0.717, 1.165) is 11.4 Å². The standard InChI is InChI=1S/C25H29N5O2S/c1-16(2)20-14-21(23(32)15-22(20)31)17(3)30(19-11-9-18(10-12-19)29(4)5)25(28-26)33-24-8-6-7-13-27-24/h6-16,31-32H,3,26H2,1-2,4-5H3/b28-25+. The molecule has 4 N–H and O–H groups in total. The topological polar surface area (TPSA) is 98.2 Å². The summed E-state index contributed by atoms with van der Waals surface area (Å²) in [4.78, 5) is 8.14. The Morgan fingerprint density at radius 3 is 2.24 bits per heavy atom. The summed E-state index contributed by atoms with van der Waals surface area (Å²) in [5.74, 6) is 5.84. The molecule has 0 bridgehead atoms. The Kier molecular flexibility index (Phi) is 7.50. The molecule has 1 heterocycles. The van der Waals surface area contributed by atoms with Gasteiger partial charge in [0.2, 0.25) is 0 Å². The van der Waals surface area contributed by atoms with Crippen molar-refractivity contribution in [2.24, 2.45) is 10.9 Å². The van der Waals surface area contributed by atoms with Crippen molar-refractivity contribution >= 4 is 34.0 Å². The number of nitrogens with two attached hydrogens (primary N) is 1. The van der Waals surface area contributed by atoms with E-state index in [0.29, 0.717) is 27.0 Å². The molecule has 0 aliphatic heterocycles. The number of phenols is 2. The molecule has 172 valence electrons. The lowest BCUT2D eigenvalue weighted by Crippen LogP contribution is -2.28. The van der Waals surface area contributed by atoms with Gasteiger partial charge >= 0.3 is 0 Å². The minimum Gasteiger partial charge on any atom is -0.508 e. The molecular weight excluding hydrogens is 434 g/mol. The number of nitrogens with zero attached hydrogens (tertiary/aromatic N) is 4. The van der Waals surface area contributed by atoms with Crippen LogP contribution in [0.2, 0.25) is 0 Å². The zero-order chi connectivity index (χ0) is 24.1. The highest BCUT2D eigenvalue weighted by Gasteiger charge is 2.24. The normalized spacial score (nSPS) is 11.5. The van der Waals surface area contributed by atoms with Crippen LogP contribution in [0.5, 0.6) is 11.5 Å². The highest BCUT2D eigenvalue weighted by atomic mass is 32.2. The van der Waals surface area contributed by atoms with Gasteiger partial charge in [-0.2, -0.15) is 5.10 Å². The smallest absolute Gasteiger partial charge is 0.198 e. The predicted molar refractivity (Wildman–Crippen MR) is 138 cm³/mol. The molecule has 2 aromatic carbocycles. The van der Waals surface area contributed by atoms with Crippen molar-refractivity contribution in [3.63, 3.8) is 0 Å². The minimum absolute atomic E-state index is 0.0384. The van der Waals surface area contributed by atoms with Crippen molar-refractivity contribution in [2.45, 2.75) is 24.8 Å². The molecule has 0 unspecified atom stereocenters. The van der Waals surface area contributed by atoms with Crippen molar-refractivity contribution in [1.29, 1.82) is 0 Å². The van der Waals surface area contributed by atoms with E-state index >= 15 is 0 Å². The van der Waals surface area contributed by atoms with Crippen LogP contribution in [0.25, 0.3) is 5.70 Å². The maximum Gasteiger partial charge on any atom is 0.198 e. The summed E-state index contributed by atoms with van der Waals surface area (Å²) in [5, 5.41) is 26.1. The molecule has 8 heteroatoms. The van der Waals surface area contributed by atoms with Crippen molar-refractivity contribution in [2.75, 3.05) is 23.9 Å². The number of hydrogen-bond donors (Lipinski definition) is 3. The van der Waals surface area contributed by atoms with Crippen LogP contribution >= 0.6 is 11.8 Å². The first-order valence-electron chi connectivity index (χ1n) is 10.4. The molecule has 3 rings (SSSR count). The zero-order valence-electron chi connectivity index (χ0n) is 19.2. The summed E-state index contributed by atoms with van der Waals surface area (Å²) in [6.07, 6.45) is 1.70. The lowest BCUT2D eigenvalue weighted by Gasteiger charge is -2.28. The van der Waals surface area contributed by atoms with Gasteiger partial charge < -0.3 is 21.0 Å². The first kappa shape index (κ1) is 24.0. The van der Waals surface area contributed by atoms with Crippen LogP contribution in [0.15, 0.2) is 77.5 Å². The fourth-order valence-electron chi connectivity index (χ4n) is 3.32. The lowest BCUT2D eigenvalue weighted by atomic mass is 9.97. The summed E-state index contributed by atoms with van der Waals surface area (Å²) in [5.41, 5.74) is 3.42. The van der Waals surface area contributed by atoms with E-state index in [4.69, 9.17) is 5.84 Å². The Morgan fingerprint density at radius 1 is 1.03 bits per heavy atom. The van der Waals surface area contributed by atoms with Gasteiger partial charge in [0.25, 0.3) is 0 Å². The van der Waals surface area contributed by atoms with Crippen LogP contribution in [0, 0.1) is 0 Å². The maximum absolute atomic E-state index is 10.7. The molecule has 0 spiro atoms. The number of hydrazone groups is 1. The van der Waals surface area contributed by atoms with E-state index in [1.165, 1.54) is 17.8 Å². The number of phenolic OH excluding ortho intramolecular Hbond substituents is 2. The summed E-state index contributed by atoms with van der Waals surface area (Å²) in [6.45, 7) is 8.21. The highest BCUT2D eigenvalue weighted by Crippen LogP contribution is 2.39. The molecule has 0 atom stereocenters. The SMILES string of the molecule is C=C(c1cc(C(C)C)c(O)cc1O)N(/C(=N\N)Sc1ccccn1)c1ccc(N(C)C)cc1. The molecule has 3 aromatic rings. The third-order valence-corrected chi connectivity index (χ3v) is 6.03. The van der Waals surface area contributed by atoms with E-state index in [9.17, 15) is 10.2 Å². The molecule has 0 aliphatic carbocycles.